The van der Waals surface area contributed by atoms with Gasteiger partial charge in [0.15, 0.2) is 0 Å². The van der Waals surface area contributed by atoms with Gasteiger partial charge in [0, 0.05) is 0 Å². The number of nitrogens with zero attached hydrogens (tertiary/aromatic N) is 2. The van der Waals surface area contributed by atoms with E-state index in [9.17, 15) is 0 Å². The molecule has 2 heterocycles. The number of rotatable bonds is 1. The fourth-order valence-electron chi connectivity index (χ4n) is 3.20. The second-order valence-corrected chi connectivity index (χ2v) is 8.14. The molecule has 3 heteroatoms. The Morgan fingerprint density at radius 3 is 2.52 bits per heavy atom. The molecule has 4 rings (SSSR count). The molecule has 0 radical (unpaired) electrons. The molecule has 0 fully saturated rings. The zero-order chi connectivity index (χ0) is 16.0. The summed E-state index contributed by atoms with van der Waals surface area (Å²) in [7, 11) is 4.30. The number of aromatic nitrogens is 1. The van der Waals surface area contributed by atoms with E-state index in [4.69, 9.17) is 0 Å². The van der Waals surface area contributed by atoms with Gasteiger partial charge < -0.3 is 0 Å². The molecule has 0 saturated heterocycles. The van der Waals surface area contributed by atoms with Crippen LogP contribution in [0.2, 0.25) is 0 Å². The van der Waals surface area contributed by atoms with E-state index in [0.717, 1.165) is 0 Å². The van der Waals surface area contributed by atoms with Crippen LogP contribution in [-0.4, -0.2) is 22.0 Å². The van der Waals surface area contributed by atoms with E-state index >= 15 is 0 Å². The molecule has 0 spiro atoms. The van der Waals surface area contributed by atoms with Gasteiger partial charge in [-0.1, -0.05) is 0 Å². The van der Waals surface area contributed by atoms with Crippen molar-refractivity contribution >= 4 is 35.3 Å². The summed E-state index contributed by atoms with van der Waals surface area (Å²) >= 11 is 0.322. The third kappa shape index (κ3) is 2.28. The number of fused-ring (bicyclic) bond motifs is 2. The molecule has 0 amide bonds. The van der Waals surface area contributed by atoms with Gasteiger partial charge in [-0.2, -0.15) is 0 Å². The summed E-state index contributed by atoms with van der Waals surface area (Å²) in [4.78, 5) is 2.34. The van der Waals surface area contributed by atoms with Crippen molar-refractivity contribution in [1.29, 1.82) is 0 Å². The van der Waals surface area contributed by atoms with Crippen molar-refractivity contribution in [2.75, 3.05) is 11.9 Å². The summed E-state index contributed by atoms with van der Waals surface area (Å²) in [5, 5.41) is 0. The van der Waals surface area contributed by atoms with Gasteiger partial charge in [0.25, 0.3) is 0 Å². The normalized spacial score (nSPS) is 12.7. The fourth-order valence-corrected chi connectivity index (χ4v) is 6.04. The molecule has 0 bridgehead atoms. The molecule has 2 aromatic carbocycles. The van der Waals surface area contributed by atoms with Gasteiger partial charge in [-0.3, -0.25) is 0 Å². The van der Waals surface area contributed by atoms with Crippen LogP contribution in [0.5, 0.6) is 0 Å². The van der Waals surface area contributed by atoms with Gasteiger partial charge in [0.1, 0.15) is 0 Å². The summed E-state index contributed by atoms with van der Waals surface area (Å²) in [6.45, 7) is 2.22. The zero-order valence-electron chi connectivity index (χ0n) is 13.6. The summed E-state index contributed by atoms with van der Waals surface area (Å²) in [6, 6.07) is 19.7. The van der Waals surface area contributed by atoms with Crippen LogP contribution in [0.1, 0.15) is 5.56 Å². The molecule has 2 nitrogen and oxygen atoms in total. The SMILES string of the molecule is Cc1ccc2c(c1-c1cccc[n+]1C)[Se]c1ccccc1N2C. The molecule has 1 aromatic heterocycles. The predicted octanol–water partition coefficient (Wildman–Crippen LogP) is 2.22. The first-order valence-electron chi connectivity index (χ1n) is 7.76. The van der Waals surface area contributed by atoms with Crippen LogP contribution in [0.3, 0.4) is 0 Å². The Hall–Kier alpha value is -2.09. The fraction of sp³-hybridized carbons (Fsp3) is 0.150. The molecule has 114 valence electrons. The molecule has 0 unspecified atom stereocenters. The Bertz CT molecular complexity index is 902. The Morgan fingerprint density at radius 1 is 0.913 bits per heavy atom. The molecular weight excluding hydrogens is 347 g/mol. The van der Waals surface area contributed by atoms with Crippen LogP contribution < -0.4 is 18.4 Å². The second kappa shape index (κ2) is 5.52. The van der Waals surface area contributed by atoms with Crippen molar-refractivity contribution in [3.8, 4) is 11.3 Å². The first kappa shape index (κ1) is 14.5. The van der Waals surface area contributed by atoms with Gasteiger partial charge >= 0.3 is 143 Å². The number of pyridine rings is 1. The number of anilines is 2. The molecule has 0 saturated carbocycles. The Balaban J connectivity index is 1.98. The van der Waals surface area contributed by atoms with Crippen LogP contribution in [0, 0.1) is 6.92 Å². The summed E-state index contributed by atoms with van der Waals surface area (Å²) in [5.74, 6) is 0. The van der Waals surface area contributed by atoms with Gasteiger partial charge in [-0.15, -0.1) is 0 Å². The molecule has 0 N–H and O–H groups in total. The van der Waals surface area contributed by atoms with Crippen LogP contribution in [0.25, 0.3) is 11.3 Å². The minimum atomic E-state index is 0.322. The Morgan fingerprint density at radius 2 is 1.70 bits per heavy atom. The van der Waals surface area contributed by atoms with Crippen molar-refractivity contribution in [1.82, 2.24) is 0 Å². The van der Waals surface area contributed by atoms with Crippen molar-refractivity contribution < 1.29 is 4.57 Å². The number of aryl methyl sites for hydroxylation is 2. The van der Waals surface area contributed by atoms with Gasteiger partial charge in [0.05, 0.1) is 0 Å². The van der Waals surface area contributed by atoms with E-state index in [2.05, 4.69) is 91.3 Å². The van der Waals surface area contributed by atoms with E-state index in [1.807, 2.05) is 0 Å². The molecular formula is C20H19N2Se+. The maximum atomic E-state index is 2.34. The number of benzene rings is 2. The van der Waals surface area contributed by atoms with Crippen LogP contribution >= 0.6 is 0 Å². The average molecular weight is 366 g/mol. The average Bonchev–Trinajstić information content (AvgIpc) is 2.56. The van der Waals surface area contributed by atoms with Crippen molar-refractivity contribution in [2.24, 2.45) is 7.05 Å². The molecule has 0 atom stereocenters. The number of para-hydroxylation sites is 1. The topological polar surface area (TPSA) is 7.12 Å². The zero-order valence-corrected chi connectivity index (χ0v) is 15.3. The van der Waals surface area contributed by atoms with Crippen LogP contribution in [0.15, 0.2) is 60.8 Å². The first-order chi connectivity index (χ1) is 11.2. The Labute approximate surface area is 143 Å². The van der Waals surface area contributed by atoms with Crippen molar-refractivity contribution in [2.45, 2.75) is 6.92 Å². The maximum absolute atomic E-state index is 2.34. The monoisotopic (exact) mass is 367 g/mol. The first-order valence-corrected chi connectivity index (χ1v) is 9.47. The summed E-state index contributed by atoms with van der Waals surface area (Å²) in [5.41, 5.74) is 6.71. The summed E-state index contributed by atoms with van der Waals surface area (Å²) in [6.07, 6.45) is 2.13. The standard InChI is InChI=1S/C20H19N2Se/c1-14-11-12-17-20(19(14)16-9-6-7-13-21(16)2)23-18-10-5-4-8-15(18)22(17)3/h4-13H,1-3H3/q+1. The molecule has 3 aromatic rings. The van der Waals surface area contributed by atoms with E-state index < -0.39 is 0 Å². The van der Waals surface area contributed by atoms with Crippen LogP contribution in [-0.2, 0) is 7.05 Å². The van der Waals surface area contributed by atoms with Gasteiger partial charge in [-0.25, -0.2) is 0 Å². The third-order valence-corrected chi connectivity index (χ3v) is 6.94. The minimum absolute atomic E-state index is 0.322. The number of hydrogen-bond acceptors (Lipinski definition) is 1. The van der Waals surface area contributed by atoms with Crippen LogP contribution in [0.4, 0.5) is 11.4 Å². The predicted molar refractivity (Wildman–Crippen MR) is 97.3 cm³/mol. The Kier molecular flexibility index (Phi) is 3.48. The van der Waals surface area contributed by atoms with E-state index in [-0.39, 0.29) is 0 Å². The second-order valence-electron chi connectivity index (χ2n) is 5.93. The molecule has 1 aliphatic rings. The quantitative estimate of drug-likeness (QED) is 0.473. The van der Waals surface area contributed by atoms with Crippen molar-refractivity contribution in [3.05, 3.63) is 66.4 Å². The van der Waals surface area contributed by atoms with Gasteiger partial charge in [0.2, 0.25) is 0 Å². The van der Waals surface area contributed by atoms with E-state index in [0.29, 0.717) is 15.0 Å². The van der Waals surface area contributed by atoms with E-state index in [1.165, 1.54) is 37.1 Å². The number of hydrogen-bond donors (Lipinski definition) is 0. The summed E-state index contributed by atoms with van der Waals surface area (Å²) < 4.78 is 5.17. The van der Waals surface area contributed by atoms with Gasteiger partial charge in [-0.05, 0) is 0 Å². The third-order valence-electron chi connectivity index (χ3n) is 4.46. The van der Waals surface area contributed by atoms with Crippen molar-refractivity contribution in [3.63, 3.8) is 0 Å². The molecule has 23 heavy (non-hydrogen) atoms. The molecule has 1 aliphatic heterocycles. The molecule has 0 aliphatic carbocycles. The van der Waals surface area contributed by atoms with E-state index in [1.54, 1.807) is 0 Å².